The van der Waals surface area contributed by atoms with Gasteiger partial charge in [0.2, 0.25) is 0 Å². The van der Waals surface area contributed by atoms with Gasteiger partial charge in [-0.05, 0) is 67.3 Å². The van der Waals surface area contributed by atoms with Crippen molar-refractivity contribution in [2.24, 2.45) is 23.7 Å². The molecule has 22 heavy (non-hydrogen) atoms. The molecule has 2 atom stereocenters. The van der Waals surface area contributed by atoms with Gasteiger partial charge < -0.3 is 9.64 Å². The van der Waals surface area contributed by atoms with Gasteiger partial charge in [0.05, 0.1) is 0 Å². The van der Waals surface area contributed by atoms with Crippen molar-refractivity contribution in [3.05, 3.63) is 35.7 Å². The number of pyridine rings is 1. The summed E-state index contributed by atoms with van der Waals surface area (Å²) in [5, 5.41) is 0. The second-order valence-electron chi connectivity index (χ2n) is 6.92. The van der Waals surface area contributed by atoms with Crippen LogP contribution in [0.25, 0.3) is 5.76 Å². The predicted molar refractivity (Wildman–Crippen MR) is 88.1 cm³/mol. The molecule has 1 heterocycles. The first kappa shape index (κ1) is 14.3. The Hall–Kier alpha value is -1.35. The molecule has 118 valence electrons. The largest absolute Gasteiger partial charge is 0.492 e. The van der Waals surface area contributed by atoms with Crippen molar-refractivity contribution in [2.75, 3.05) is 26.2 Å². The molecule has 0 aliphatic heterocycles. The molecule has 1 aromatic rings. The van der Waals surface area contributed by atoms with Crippen LogP contribution in [0.2, 0.25) is 0 Å². The van der Waals surface area contributed by atoms with Crippen molar-refractivity contribution in [1.82, 2.24) is 9.88 Å². The molecule has 4 fully saturated rings. The summed E-state index contributed by atoms with van der Waals surface area (Å²) >= 11 is 0. The summed E-state index contributed by atoms with van der Waals surface area (Å²) in [4.78, 5) is 6.58. The number of aromatic nitrogens is 1. The standard InChI is InChI=1S/C19H26N2O/c1-3-21(4-2)9-10-22-19(13-5-7-20-8-6-13)17-14-11-15-16(12-14)18(15)17/h5-8,14-16,18H,3-4,9-12H2,1-2H3. The lowest BCUT2D eigenvalue weighted by Crippen LogP contribution is -2.27. The van der Waals surface area contributed by atoms with Crippen LogP contribution in [0.1, 0.15) is 32.3 Å². The maximum absolute atomic E-state index is 6.35. The third-order valence-electron chi connectivity index (χ3n) is 6.00. The van der Waals surface area contributed by atoms with E-state index < -0.39 is 0 Å². The van der Waals surface area contributed by atoms with Gasteiger partial charge >= 0.3 is 0 Å². The molecule has 4 bridgehead atoms. The van der Waals surface area contributed by atoms with Gasteiger partial charge in [0.25, 0.3) is 0 Å². The Labute approximate surface area is 133 Å². The molecule has 2 unspecified atom stereocenters. The molecule has 0 saturated heterocycles. The molecule has 1 aromatic heterocycles. The zero-order valence-corrected chi connectivity index (χ0v) is 13.7. The lowest BCUT2D eigenvalue weighted by molar-refractivity contribution is 0.200. The Balaban J connectivity index is 1.54. The van der Waals surface area contributed by atoms with Crippen molar-refractivity contribution in [2.45, 2.75) is 26.7 Å². The normalized spacial score (nSPS) is 33.4. The van der Waals surface area contributed by atoms with Crippen LogP contribution >= 0.6 is 0 Å². The average molecular weight is 298 g/mol. The molecule has 4 saturated carbocycles. The Morgan fingerprint density at radius 1 is 1.18 bits per heavy atom. The van der Waals surface area contributed by atoms with Gasteiger partial charge in [-0.2, -0.15) is 0 Å². The zero-order chi connectivity index (χ0) is 15.1. The number of likely N-dealkylation sites (N-methyl/N-ethyl adjacent to an activating group) is 1. The summed E-state index contributed by atoms with van der Waals surface area (Å²) in [6.45, 7) is 8.42. The zero-order valence-electron chi connectivity index (χ0n) is 13.7. The fraction of sp³-hybridized carbons (Fsp3) is 0.632. The molecule has 0 amide bonds. The third kappa shape index (κ3) is 2.26. The van der Waals surface area contributed by atoms with Gasteiger partial charge in [-0.1, -0.05) is 13.8 Å². The minimum absolute atomic E-state index is 0.789. The van der Waals surface area contributed by atoms with Crippen molar-refractivity contribution in [1.29, 1.82) is 0 Å². The molecule has 3 nitrogen and oxygen atoms in total. The highest BCUT2D eigenvalue weighted by molar-refractivity contribution is 5.67. The molecule has 0 aromatic carbocycles. The topological polar surface area (TPSA) is 25.4 Å². The van der Waals surface area contributed by atoms with Crippen LogP contribution in [0.4, 0.5) is 0 Å². The summed E-state index contributed by atoms with van der Waals surface area (Å²) in [7, 11) is 0. The number of allylic oxidation sites excluding steroid dienone is 1. The summed E-state index contributed by atoms with van der Waals surface area (Å²) in [5.74, 6) is 4.82. The van der Waals surface area contributed by atoms with E-state index in [9.17, 15) is 0 Å². The lowest BCUT2D eigenvalue weighted by atomic mass is 10.0. The second kappa shape index (κ2) is 5.69. The van der Waals surface area contributed by atoms with E-state index in [1.807, 2.05) is 12.4 Å². The molecule has 0 N–H and O–H groups in total. The van der Waals surface area contributed by atoms with E-state index >= 15 is 0 Å². The Bertz CT molecular complexity index is 548. The van der Waals surface area contributed by atoms with Crippen LogP contribution in [0.15, 0.2) is 30.1 Å². The van der Waals surface area contributed by atoms with Gasteiger partial charge in [0.15, 0.2) is 0 Å². The van der Waals surface area contributed by atoms with E-state index in [0.717, 1.165) is 49.9 Å². The highest BCUT2D eigenvalue weighted by atomic mass is 16.5. The van der Waals surface area contributed by atoms with Gasteiger partial charge in [0.1, 0.15) is 12.4 Å². The van der Waals surface area contributed by atoms with E-state index in [2.05, 4.69) is 35.9 Å². The van der Waals surface area contributed by atoms with Crippen molar-refractivity contribution in [3.63, 3.8) is 0 Å². The van der Waals surface area contributed by atoms with E-state index in [-0.39, 0.29) is 0 Å². The molecule has 5 rings (SSSR count). The molecular formula is C19H26N2O. The highest BCUT2D eigenvalue weighted by Gasteiger charge is 2.66. The number of hydrogen-bond acceptors (Lipinski definition) is 3. The first-order valence-electron chi connectivity index (χ1n) is 8.83. The monoisotopic (exact) mass is 298 g/mol. The van der Waals surface area contributed by atoms with Crippen molar-refractivity contribution < 1.29 is 4.74 Å². The van der Waals surface area contributed by atoms with E-state index in [4.69, 9.17) is 4.74 Å². The van der Waals surface area contributed by atoms with Gasteiger partial charge in [-0.15, -0.1) is 0 Å². The first-order valence-corrected chi connectivity index (χ1v) is 8.83. The van der Waals surface area contributed by atoms with E-state index in [1.165, 1.54) is 24.2 Å². The minimum atomic E-state index is 0.789. The first-order chi connectivity index (χ1) is 10.8. The van der Waals surface area contributed by atoms with Crippen molar-refractivity contribution >= 4 is 5.76 Å². The Morgan fingerprint density at radius 2 is 1.86 bits per heavy atom. The summed E-state index contributed by atoms with van der Waals surface area (Å²) < 4.78 is 6.35. The van der Waals surface area contributed by atoms with E-state index in [0.29, 0.717) is 0 Å². The quantitative estimate of drug-likeness (QED) is 0.721. The van der Waals surface area contributed by atoms with Crippen LogP contribution in [0, 0.1) is 23.7 Å². The van der Waals surface area contributed by atoms with Gasteiger partial charge in [-0.3, -0.25) is 4.98 Å². The molecule has 0 spiro atoms. The summed E-state index contributed by atoms with van der Waals surface area (Å²) in [5.41, 5.74) is 2.86. The second-order valence-corrected chi connectivity index (χ2v) is 6.92. The lowest BCUT2D eigenvalue weighted by Gasteiger charge is -2.21. The summed E-state index contributed by atoms with van der Waals surface area (Å²) in [6, 6.07) is 4.21. The fourth-order valence-electron chi connectivity index (χ4n) is 4.82. The third-order valence-corrected chi connectivity index (χ3v) is 6.00. The van der Waals surface area contributed by atoms with Gasteiger partial charge in [-0.25, -0.2) is 0 Å². The summed E-state index contributed by atoms with van der Waals surface area (Å²) in [6.07, 6.45) is 6.60. The SMILES string of the molecule is CCN(CC)CCOC(=C1C2CC3C(C2)C13)c1ccncc1. The minimum Gasteiger partial charge on any atom is -0.492 e. The maximum atomic E-state index is 6.35. The highest BCUT2D eigenvalue weighted by Crippen LogP contribution is 2.74. The van der Waals surface area contributed by atoms with Gasteiger partial charge in [0, 0.05) is 24.5 Å². The molecule has 3 heteroatoms. The van der Waals surface area contributed by atoms with E-state index in [1.54, 1.807) is 5.57 Å². The van der Waals surface area contributed by atoms with Crippen LogP contribution in [0.3, 0.4) is 0 Å². The number of hydrogen-bond donors (Lipinski definition) is 0. The van der Waals surface area contributed by atoms with Crippen LogP contribution < -0.4 is 0 Å². The average Bonchev–Trinajstić information content (AvgIpc) is 2.93. The number of ether oxygens (including phenoxy) is 1. The molecule has 0 radical (unpaired) electrons. The Morgan fingerprint density at radius 3 is 2.41 bits per heavy atom. The van der Waals surface area contributed by atoms with Crippen LogP contribution in [-0.2, 0) is 4.74 Å². The molecular weight excluding hydrogens is 272 g/mol. The predicted octanol–water partition coefficient (Wildman–Crippen LogP) is 3.44. The fourth-order valence-corrected chi connectivity index (χ4v) is 4.82. The maximum Gasteiger partial charge on any atom is 0.126 e. The number of nitrogens with zero attached hydrogens (tertiary/aromatic N) is 2. The van der Waals surface area contributed by atoms with Crippen molar-refractivity contribution in [3.8, 4) is 0 Å². The molecule has 4 aliphatic carbocycles. The van der Waals surface area contributed by atoms with Crippen LogP contribution in [-0.4, -0.2) is 36.1 Å². The smallest absolute Gasteiger partial charge is 0.126 e. The van der Waals surface area contributed by atoms with Crippen LogP contribution in [0.5, 0.6) is 0 Å². The Kier molecular flexibility index (Phi) is 3.69. The molecule has 4 aliphatic rings. The number of rotatable bonds is 7.